The van der Waals surface area contributed by atoms with Gasteiger partial charge in [0.2, 0.25) is 0 Å². The molecule has 0 saturated heterocycles. The second-order valence-corrected chi connectivity index (χ2v) is 6.49. The Hall–Kier alpha value is -0.0800. The van der Waals surface area contributed by atoms with Crippen molar-refractivity contribution in [2.75, 3.05) is 13.1 Å². The van der Waals surface area contributed by atoms with Crippen LogP contribution in [0.1, 0.15) is 53.9 Å². The highest BCUT2D eigenvalue weighted by Gasteiger charge is 2.38. The summed E-state index contributed by atoms with van der Waals surface area (Å²) in [7, 11) is 0. The Kier molecular flexibility index (Phi) is 4.81. The van der Waals surface area contributed by atoms with E-state index in [1.54, 1.807) is 0 Å². The molecule has 1 saturated carbocycles. The predicted octanol–water partition coefficient (Wildman–Crippen LogP) is 2.87. The minimum atomic E-state index is 0.208. The monoisotopic (exact) mass is 226 g/mol. The topological polar surface area (TPSA) is 29.3 Å². The van der Waals surface area contributed by atoms with Crippen molar-refractivity contribution in [2.24, 2.45) is 17.6 Å². The minimum Gasteiger partial charge on any atom is -0.329 e. The minimum absolute atomic E-state index is 0.208. The maximum atomic E-state index is 6.06. The molecule has 0 aromatic carbocycles. The summed E-state index contributed by atoms with van der Waals surface area (Å²) in [5.41, 5.74) is 6.26. The fourth-order valence-electron chi connectivity index (χ4n) is 2.71. The van der Waals surface area contributed by atoms with Gasteiger partial charge in [-0.3, -0.25) is 4.90 Å². The van der Waals surface area contributed by atoms with Crippen molar-refractivity contribution in [3.63, 3.8) is 0 Å². The van der Waals surface area contributed by atoms with Crippen LogP contribution < -0.4 is 5.73 Å². The molecule has 1 rings (SSSR count). The first-order valence-corrected chi connectivity index (χ1v) is 6.86. The van der Waals surface area contributed by atoms with Gasteiger partial charge in [-0.25, -0.2) is 0 Å². The van der Waals surface area contributed by atoms with Gasteiger partial charge < -0.3 is 5.73 Å². The molecule has 16 heavy (non-hydrogen) atoms. The lowest BCUT2D eigenvalue weighted by atomic mass is 9.90. The number of nitrogens with two attached hydrogens (primary N) is 1. The predicted molar refractivity (Wildman–Crippen MR) is 71.5 cm³/mol. The Morgan fingerprint density at radius 1 is 1.25 bits per heavy atom. The molecule has 2 N–H and O–H groups in total. The summed E-state index contributed by atoms with van der Waals surface area (Å²) in [6.45, 7) is 13.5. The standard InChI is InChI=1S/C14H30N2/c1-11(2)9-16(12(3)4)14(5,10-15)8-13-6-7-13/h11-13H,6-10,15H2,1-5H3. The summed E-state index contributed by atoms with van der Waals surface area (Å²) in [6, 6.07) is 0.592. The van der Waals surface area contributed by atoms with Gasteiger partial charge in [0, 0.05) is 24.7 Å². The van der Waals surface area contributed by atoms with E-state index in [2.05, 4.69) is 39.5 Å². The molecule has 0 aliphatic heterocycles. The average Bonchev–Trinajstić information content (AvgIpc) is 2.97. The van der Waals surface area contributed by atoms with E-state index in [0.29, 0.717) is 12.0 Å². The van der Waals surface area contributed by atoms with Crippen LogP contribution in [0.25, 0.3) is 0 Å². The first-order chi connectivity index (χ1) is 7.39. The van der Waals surface area contributed by atoms with Crippen LogP contribution in [-0.2, 0) is 0 Å². The molecule has 2 nitrogen and oxygen atoms in total. The van der Waals surface area contributed by atoms with Gasteiger partial charge >= 0.3 is 0 Å². The molecule has 0 radical (unpaired) electrons. The molecule has 1 atom stereocenters. The molecule has 1 unspecified atom stereocenters. The number of hydrogen-bond acceptors (Lipinski definition) is 2. The van der Waals surface area contributed by atoms with Gasteiger partial charge in [0.1, 0.15) is 0 Å². The third kappa shape index (κ3) is 3.74. The zero-order valence-electron chi connectivity index (χ0n) is 11.8. The second kappa shape index (κ2) is 5.50. The fraction of sp³-hybridized carbons (Fsp3) is 1.00. The third-order valence-electron chi connectivity index (χ3n) is 3.74. The molecule has 0 heterocycles. The normalized spacial score (nSPS) is 20.8. The van der Waals surface area contributed by atoms with E-state index in [9.17, 15) is 0 Å². The van der Waals surface area contributed by atoms with Gasteiger partial charge in [-0.1, -0.05) is 26.7 Å². The maximum absolute atomic E-state index is 6.06. The zero-order valence-corrected chi connectivity index (χ0v) is 11.8. The molecule has 1 aliphatic rings. The van der Waals surface area contributed by atoms with E-state index < -0.39 is 0 Å². The number of rotatable bonds is 7. The lowest BCUT2D eigenvalue weighted by Crippen LogP contribution is -2.56. The van der Waals surface area contributed by atoms with Crippen molar-refractivity contribution in [3.8, 4) is 0 Å². The van der Waals surface area contributed by atoms with Crippen LogP contribution in [0.4, 0.5) is 0 Å². The number of hydrogen-bond donors (Lipinski definition) is 1. The van der Waals surface area contributed by atoms with Gasteiger partial charge in [-0.2, -0.15) is 0 Å². The molecular weight excluding hydrogens is 196 g/mol. The van der Waals surface area contributed by atoms with Crippen molar-refractivity contribution in [1.29, 1.82) is 0 Å². The van der Waals surface area contributed by atoms with Crippen LogP contribution in [-0.4, -0.2) is 29.6 Å². The average molecular weight is 226 g/mol. The molecule has 96 valence electrons. The van der Waals surface area contributed by atoms with Crippen LogP contribution >= 0.6 is 0 Å². The molecule has 0 spiro atoms. The Bertz CT molecular complexity index is 209. The molecule has 2 heteroatoms. The molecule has 0 amide bonds. The van der Waals surface area contributed by atoms with Crippen molar-refractivity contribution in [1.82, 2.24) is 4.90 Å². The van der Waals surface area contributed by atoms with Crippen molar-refractivity contribution < 1.29 is 0 Å². The SMILES string of the molecule is CC(C)CN(C(C)C)C(C)(CN)CC1CC1. The van der Waals surface area contributed by atoms with Gasteiger partial charge in [-0.05, 0) is 39.0 Å². The lowest BCUT2D eigenvalue weighted by Gasteiger charge is -2.44. The first kappa shape index (κ1) is 14.0. The molecule has 0 bridgehead atoms. The quantitative estimate of drug-likeness (QED) is 0.723. The summed E-state index contributed by atoms with van der Waals surface area (Å²) >= 11 is 0. The molecule has 1 fully saturated rings. The van der Waals surface area contributed by atoms with E-state index in [1.807, 2.05) is 0 Å². The van der Waals surface area contributed by atoms with Gasteiger partial charge in [0.05, 0.1) is 0 Å². The smallest absolute Gasteiger partial charge is 0.0309 e. The summed E-state index contributed by atoms with van der Waals surface area (Å²) in [6.07, 6.45) is 4.13. The van der Waals surface area contributed by atoms with Crippen LogP contribution in [0, 0.1) is 11.8 Å². The van der Waals surface area contributed by atoms with Gasteiger partial charge in [-0.15, -0.1) is 0 Å². The van der Waals surface area contributed by atoms with E-state index in [0.717, 1.165) is 19.0 Å². The summed E-state index contributed by atoms with van der Waals surface area (Å²) in [5, 5.41) is 0. The molecular formula is C14H30N2. The van der Waals surface area contributed by atoms with Gasteiger partial charge in [0.25, 0.3) is 0 Å². The highest BCUT2D eigenvalue weighted by atomic mass is 15.2. The Morgan fingerprint density at radius 2 is 1.81 bits per heavy atom. The maximum Gasteiger partial charge on any atom is 0.0309 e. The van der Waals surface area contributed by atoms with Crippen LogP contribution in [0.3, 0.4) is 0 Å². The first-order valence-electron chi connectivity index (χ1n) is 6.86. The van der Waals surface area contributed by atoms with Gasteiger partial charge in [0.15, 0.2) is 0 Å². The van der Waals surface area contributed by atoms with E-state index in [4.69, 9.17) is 5.73 Å². The highest BCUT2D eigenvalue weighted by molar-refractivity contribution is 4.94. The Morgan fingerprint density at radius 3 is 2.12 bits per heavy atom. The third-order valence-corrected chi connectivity index (χ3v) is 3.74. The summed E-state index contributed by atoms with van der Waals surface area (Å²) in [4.78, 5) is 2.62. The van der Waals surface area contributed by atoms with Crippen LogP contribution in [0.2, 0.25) is 0 Å². The lowest BCUT2D eigenvalue weighted by molar-refractivity contribution is 0.0517. The van der Waals surface area contributed by atoms with Crippen molar-refractivity contribution >= 4 is 0 Å². The molecule has 1 aliphatic carbocycles. The van der Waals surface area contributed by atoms with Crippen molar-refractivity contribution in [2.45, 2.75) is 65.5 Å². The zero-order chi connectivity index (χ0) is 12.3. The highest BCUT2D eigenvalue weighted by Crippen LogP contribution is 2.39. The van der Waals surface area contributed by atoms with Crippen LogP contribution in [0.5, 0.6) is 0 Å². The molecule has 0 aromatic rings. The van der Waals surface area contributed by atoms with E-state index >= 15 is 0 Å². The van der Waals surface area contributed by atoms with E-state index in [1.165, 1.54) is 19.3 Å². The van der Waals surface area contributed by atoms with Crippen molar-refractivity contribution in [3.05, 3.63) is 0 Å². The molecule has 0 aromatic heterocycles. The largest absolute Gasteiger partial charge is 0.329 e. The summed E-state index contributed by atoms with van der Waals surface area (Å²) in [5.74, 6) is 1.66. The number of nitrogens with zero attached hydrogens (tertiary/aromatic N) is 1. The van der Waals surface area contributed by atoms with Crippen LogP contribution in [0.15, 0.2) is 0 Å². The fourth-order valence-corrected chi connectivity index (χ4v) is 2.71. The second-order valence-electron chi connectivity index (χ2n) is 6.49. The summed E-state index contributed by atoms with van der Waals surface area (Å²) < 4.78 is 0. The van der Waals surface area contributed by atoms with E-state index in [-0.39, 0.29) is 5.54 Å². The Balaban J connectivity index is 2.69. The Labute approximate surface area is 102 Å².